The summed E-state index contributed by atoms with van der Waals surface area (Å²) in [6.45, 7) is 1.88. The summed E-state index contributed by atoms with van der Waals surface area (Å²) in [5.74, 6) is -0.988. The van der Waals surface area contributed by atoms with E-state index >= 15 is 0 Å². The molecule has 9 nitrogen and oxygen atoms in total. The molecule has 0 saturated carbocycles. The van der Waals surface area contributed by atoms with Crippen molar-refractivity contribution in [2.75, 3.05) is 32.7 Å². The average Bonchev–Trinajstić information content (AvgIpc) is 3.13. The predicted octanol–water partition coefficient (Wildman–Crippen LogP) is -0.225. The number of nitrogens with two attached hydrogens (primary N) is 1. The number of furan rings is 1. The van der Waals surface area contributed by atoms with Crippen molar-refractivity contribution in [3.63, 3.8) is 0 Å². The monoisotopic (exact) mass is 406 g/mol. The fourth-order valence-corrected chi connectivity index (χ4v) is 4.48. The highest BCUT2D eigenvalue weighted by atomic mass is 35.5. The van der Waals surface area contributed by atoms with Crippen LogP contribution in [0.5, 0.6) is 0 Å². The van der Waals surface area contributed by atoms with Gasteiger partial charge in [0.1, 0.15) is 0 Å². The number of hydrogen-bond donors (Lipinski definition) is 2. The summed E-state index contributed by atoms with van der Waals surface area (Å²) in [7, 11) is -3.84. The molecule has 2 amide bonds. The molecule has 11 heteroatoms. The Bertz CT molecular complexity index is 752. The first-order valence-electron chi connectivity index (χ1n) is 8.31. The van der Waals surface area contributed by atoms with E-state index in [2.05, 4.69) is 5.32 Å². The Morgan fingerprint density at radius 1 is 1.15 bits per heavy atom. The van der Waals surface area contributed by atoms with Gasteiger partial charge in [0.05, 0.1) is 6.04 Å². The van der Waals surface area contributed by atoms with Crippen molar-refractivity contribution in [2.45, 2.75) is 30.4 Å². The van der Waals surface area contributed by atoms with Gasteiger partial charge in [-0.3, -0.25) is 9.59 Å². The van der Waals surface area contributed by atoms with Crippen LogP contribution in [0.1, 0.15) is 29.8 Å². The van der Waals surface area contributed by atoms with Gasteiger partial charge >= 0.3 is 0 Å². The highest BCUT2D eigenvalue weighted by molar-refractivity contribution is 7.89. The second kappa shape index (κ2) is 8.38. The molecule has 0 spiro atoms. The topological polar surface area (TPSA) is 126 Å². The van der Waals surface area contributed by atoms with Crippen molar-refractivity contribution in [2.24, 2.45) is 5.73 Å². The third-order valence-corrected chi connectivity index (χ3v) is 6.35. The van der Waals surface area contributed by atoms with Crippen LogP contribution in [0.4, 0.5) is 0 Å². The van der Waals surface area contributed by atoms with Crippen molar-refractivity contribution in [3.05, 3.63) is 17.9 Å². The van der Waals surface area contributed by atoms with Gasteiger partial charge in [-0.1, -0.05) is 6.42 Å². The largest absolute Gasteiger partial charge is 0.438 e. The normalized spacial score (nSPS) is 21.8. The number of nitrogens with one attached hydrogen (secondary N) is 1. The predicted molar refractivity (Wildman–Crippen MR) is 95.5 cm³/mol. The molecule has 0 aromatic carbocycles. The van der Waals surface area contributed by atoms with E-state index in [0.717, 1.165) is 25.8 Å². The van der Waals surface area contributed by atoms with Crippen LogP contribution < -0.4 is 11.1 Å². The molecule has 2 saturated heterocycles. The molecular formula is C15H23ClN4O5S. The van der Waals surface area contributed by atoms with Gasteiger partial charge in [-0.15, -0.1) is 12.4 Å². The van der Waals surface area contributed by atoms with Crippen LogP contribution >= 0.6 is 12.4 Å². The Hall–Kier alpha value is -1.62. The molecule has 26 heavy (non-hydrogen) atoms. The first-order chi connectivity index (χ1) is 11.9. The Morgan fingerprint density at radius 3 is 2.38 bits per heavy atom. The molecule has 3 N–H and O–H groups in total. The van der Waals surface area contributed by atoms with Crippen molar-refractivity contribution < 1.29 is 22.4 Å². The average molecular weight is 407 g/mol. The van der Waals surface area contributed by atoms with Gasteiger partial charge in [-0.2, -0.15) is 4.31 Å². The maximum Gasteiger partial charge on any atom is 0.284 e. The Balaban J connectivity index is 0.00000243. The smallest absolute Gasteiger partial charge is 0.284 e. The highest BCUT2D eigenvalue weighted by Gasteiger charge is 2.34. The maximum atomic E-state index is 12.6. The van der Waals surface area contributed by atoms with Gasteiger partial charge < -0.3 is 20.4 Å². The van der Waals surface area contributed by atoms with Crippen LogP contribution in [0, 0.1) is 0 Å². The fraction of sp³-hybridized carbons (Fsp3) is 0.600. The molecule has 2 fully saturated rings. The number of primary amides is 1. The van der Waals surface area contributed by atoms with E-state index in [1.165, 1.54) is 16.4 Å². The number of carbonyl (C=O) groups is 2. The molecule has 3 heterocycles. The van der Waals surface area contributed by atoms with Crippen molar-refractivity contribution in [1.82, 2.24) is 14.5 Å². The standard InChI is InChI=1S/C15H22N4O5S.ClH/c16-14(20)12-4-5-13(24-12)25(22,23)19-9-7-18(8-10-19)15(21)11-3-1-2-6-17-11;/h4-5,11,17H,1-3,6-10H2,(H2,16,20);1H. The van der Waals surface area contributed by atoms with Crippen molar-refractivity contribution in [3.8, 4) is 0 Å². The minimum Gasteiger partial charge on any atom is -0.438 e. The molecule has 0 radical (unpaired) electrons. The van der Waals surface area contributed by atoms with Crippen molar-refractivity contribution in [1.29, 1.82) is 0 Å². The molecule has 1 aromatic rings. The number of hydrogen-bond acceptors (Lipinski definition) is 6. The third-order valence-electron chi connectivity index (χ3n) is 4.58. The van der Waals surface area contributed by atoms with Gasteiger partial charge in [-0.25, -0.2) is 8.42 Å². The summed E-state index contributed by atoms with van der Waals surface area (Å²) in [6.07, 6.45) is 2.92. The SMILES string of the molecule is Cl.NC(=O)c1ccc(S(=O)(=O)N2CCN(C(=O)C3CCCCN3)CC2)o1. The van der Waals surface area contributed by atoms with E-state index in [9.17, 15) is 18.0 Å². The molecule has 2 aliphatic rings. The molecule has 1 unspecified atom stereocenters. The van der Waals surface area contributed by atoms with Gasteiger partial charge in [0.15, 0.2) is 5.76 Å². The minimum absolute atomic E-state index is 0. The lowest BCUT2D eigenvalue weighted by Gasteiger charge is -2.36. The van der Waals surface area contributed by atoms with E-state index in [1.807, 2.05) is 0 Å². The van der Waals surface area contributed by atoms with Crippen LogP contribution in [0.25, 0.3) is 0 Å². The van der Waals surface area contributed by atoms with Crippen LogP contribution in [0.2, 0.25) is 0 Å². The summed E-state index contributed by atoms with van der Waals surface area (Å²) in [5.41, 5.74) is 5.08. The zero-order valence-corrected chi connectivity index (χ0v) is 15.9. The van der Waals surface area contributed by atoms with Gasteiger partial charge in [-0.05, 0) is 31.5 Å². The number of carbonyl (C=O) groups excluding carboxylic acids is 2. The van der Waals surface area contributed by atoms with Gasteiger partial charge in [0.25, 0.3) is 15.9 Å². The number of nitrogens with zero attached hydrogens (tertiary/aromatic N) is 2. The second-order valence-corrected chi connectivity index (χ2v) is 8.08. The third kappa shape index (κ3) is 4.20. The Labute approximate surface area is 158 Å². The molecular weight excluding hydrogens is 384 g/mol. The summed E-state index contributed by atoms with van der Waals surface area (Å²) in [6, 6.07) is 2.29. The van der Waals surface area contributed by atoms with Crippen LogP contribution in [0.3, 0.4) is 0 Å². The van der Waals surface area contributed by atoms with Gasteiger partial charge in [0, 0.05) is 26.2 Å². The quantitative estimate of drug-likeness (QED) is 0.711. The zero-order chi connectivity index (χ0) is 18.0. The molecule has 2 aliphatic heterocycles. The lowest BCUT2D eigenvalue weighted by Crippen LogP contribution is -2.55. The van der Waals surface area contributed by atoms with Crippen LogP contribution in [-0.4, -0.2) is 68.2 Å². The van der Waals surface area contributed by atoms with Crippen LogP contribution in [-0.2, 0) is 14.8 Å². The van der Waals surface area contributed by atoms with Crippen molar-refractivity contribution >= 4 is 34.2 Å². The first-order valence-corrected chi connectivity index (χ1v) is 9.75. The second-order valence-electron chi connectivity index (χ2n) is 6.21. The molecule has 3 rings (SSSR count). The first kappa shape index (κ1) is 20.7. The van der Waals surface area contributed by atoms with E-state index in [1.54, 1.807) is 4.90 Å². The van der Waals surface area contributed by atoms with E-state index < -0.39 is 15.9 Å². The number of piperidine rings is 1. The van der Waals surface area contributed by atoms with E-state index in [4.69, 9.17) is 10.2 Å². The molecule has 0 bridgehead atoms. The Kier molecular flexibility index (Phi) is 6.67. The minimum atomic E-state index is -3.84. The number of sulfonamides is 1. The number of rotatable bonds is 4. The highest BCUT2D eigenvalue weighted by Crippen LogP contribution is 2.21. The van der Waals surface area contributed by atoms with Crippen LogP contribution in [0.15, 0.2) is 21.6 Å². The molecule has 1 aromatic heterocycles. The van der Waals surface area contributed by atoms with E-state index in [-0.39, 0.29) is 48.3 Å². The number of halogens is 1. The maximum absolute atomic E-state index is 12.6. The lowest BCUT2D eigenvalue weighted by atomic mass is 10.0. The van der Waals surface area contributed by atoms with E-state index in [0.29, 0.717) is 13.1 Å². The zero-order valence-electron chi connectivity index (χ0n) is 14.2. The molecule has 146 valence electrons. The molecule has 0 aliphatic carbocycles. The Morgan fingerprint density at radius 2 is 1.85 bits per heavy atom. The molecule has 1 atom stereocenters. The number of piperazine rings is 1. The number of amides is 2. The summed E-state index contributed by atoms with van der Waals surface area (Å²) < 4.78 is 31.4. The lowest BCUT2D eigenvalue weighted by molar-refractivity contribution is -0.135. The van der Waals surface area contributed by atoms with Gasteiger partial charge in [0.2, 0.25) is 11.0 Å². The fourth-order valence-electron chi connectivity index (χ4n) is 3.15. The summed E-state index contributed by atoms with van der Waals surface area (Å²) in [4.78, 5) is 25.2. The summed E-state index contributed by atoms with van der Waals surface area (Å²) in [5, 5.41) is 2.90. The summed E-state index contributed by atoms with van der Waals surface area (Å²) >= 11 is 0.